The zero-order valence-corrected chi connectivity index (χ0v) is 10.5. The van der Waals surface area contributed by atoms with Crippen LogP contribution < -0.4 is 5.84 Å². The van der Waals surface area contributed by atoms with Crippen molar-refractivity contribution < 1.29 is 4.76 Å². The molecule has 0 amide bonds. The lowest BCUT2D eigenvalue weighted by atomic mass is 9.90. The summed E-state index contributed by atoms with van der Waals surface area (Å²) in [5.41, 5.74) is 0.597. The van der Waals surface area contributed by atoms with Crippen LogP contribution in [-0.4, -0.2) is 27.9 Å². The van der Waals surface area contributed by atoms with E-state index in [0.717, 1.165) is 11.5 Å². The molecule has 1 aliphatic rings. The van der Waals surface area contributed by atoms with Crippen LogP contribution in [0.2, 0.25) is 0 Å². The molecular weight excluding hydrogens is 212 g/mol. The number of thioether (sulfide) groups is 1. The average molecular weight is 230 g/mol. The second-order valence-corrected chi connectivity index (χ2v) is 5.80. The molecule has 1 rings (SSSR count). The van der Waals surface area contributed by atoms with Crippen molar-refractivity contribution in [3.05, 3.63) is 5.21 Å². The summed E-state index contributed by atoms with van der Waals surface area (Å²) in [5, 5.41) is 20.3. The first kappa shape index (κ1) is 12.6. The van der Waals surface area contributed by atoms with Crippen LogP contribution in [0.15, 0.2) is 10.2 Å². The molecule has 1 aliphatic heterocycles. The van der Waals surface area contributed by atoms with Gasteiger partial charge in [0.2, 0.25) is 0 Å². The zero-order chi connectivity index (χ0) is 11.7. The summed E-state index contributed by atoms with van der Waals surface area (Å²) < 4.78 is -0.922. The Morgan fingerprint density at radius 2 is 2.07 bits per heavy atom. The van der Waals surface area contributed by atoms with Crippen LogP contribution in [0.1, 0.15) is 27.7 Å². The number of nitrogens with two attached hydrogens (primary N) is 1. The van der Waals surface area contributed by atoms with Gasteiger partial charge in [-0.05, 0) is 11.8 Å². The van der Waals surface area contributed by atoms with E-state index in [2.05, 4.69) is 10.2 Å². The first-order chi connectivity index (χ1) is 6.77. The molecular formula is C9H18N4OS. The van der Waals surface area contributed by atoms with Crippen LogP contribution in [0.4, 0.5) is 0 Å². The van der Waals surface area contributed by atoms with Gasteiger partial charge in [0, 0.05) is 11.2 Å². The molecule has 86 valence electrons. The largest absolute Gasteiger partial charge is 0.605 e. The van der Waals surface area contributed by atoms with Crippen molar-refractivity contribution >= 4 is 22.6 Å². The predicted molar refractivity (Wildman–Crippen MR) is 65.1 cm³/mol. The molecule has 0 aromatic carbocycles. The van der Waals surface area contributed by atoms with Gasteiger partial charge in [0.15, 0.2) is 0 Å². The van der Waals surface area contributed by atoms with Gasteiger partial charge in [-0.25, -0.2) is 4.76 Å². The molecule has 0 fully saturated rings. The number of amidine groups is 1. The number of nitrogens with zero attached hydrogens (tertiary/aromatic N) is 3. The average Bonchev–Trinajstić information content (AvgIpc) is 2.06. The summed E-state index contributed by atoms with van der Waals surface area (Å²) in [6.07, 6.45) is 0. The van der Waals surface area contributed by atoms with Gasteiger partial charge in [-0.15, -0.1) is 5.10 Å². The smallest absolute Gasteiger partial charge is 0.302 e. The zero-order valence-electron chi connectivity index (χ0n) is 9.65. The van der Waals surface area contributed by atoms with E-state index in [9.17, 15) is 5.21 Å². The molecule has 1 unspecified atom stereocenters. The highest BCUT2D eigenvalue weighted by Gasteiger charge is 2.33. The fourth-order valence-electron chi connectivity index (χ4n) is 1.15. The predicted octanol–water partition coefficient (Wildman–Crippen LogP) is 1.70. The monoisotopic (exact) mass is 230 g/mol. The molecule has 0 aromatic heterocycles. The molecule has 1 heterocycles. The maximum atomic E-state index is 12.0. The topological polar surface area (TPSA) is 73.8 Å². The first-order valence-corrected chi connectivity index (χ1v) is 5.92. The quantitative estimate of drug-likeness (QED) is 0.423. The number of hydroxylamine groups is 2. The third kappa shape index (κ3) is 3.01. The van der Waals surface area contributed by atoms with Gasteiger partial charge in [0.25, 0.3) is 0 Å². The third-order valence-electron chi connectivity index (χ3n) is 2.10. The number of quaternary nitrogens is 1. The van der Waals surface area contributed by atoms with Crippen LogP contribution >= 0.6 is 11.8 Å². The molecule has 0 radical (unpaired) electrons. The fourth-order valence-corrected chi connectivity index (χ4v) is 1.79. The lowest BCUT2D eigenvalue weighted by Crippen LogP contribution is -2.58. The van der Waals surface area contributed by atoms with Gasteiger partial charge in [-0.2, -0.15) is 5.84 Å². The van der Waals surface area contributed by atoms with Crippen molar-refractivity contribution in [1.29, 1.82) is 0 Å². The lowest BCUT2D eigenvalue weighted by Gasteiger charge is -2.39. The van der Waals surface area contributed by atoms with Crippen molar-refractivity contribution in [3.63, 3.8) is 0 Å². The second kappa shape index (κ2) is 4.21. The molecule has 15 heavy (non-hydrogen) atoms. The minimum Gasteiger partial charge on any atom is -0.605 e. The van der Waals surface area contributed by atoms with Crippen LogP contribution in [-0.2, 0) is 0 Å². The molecule has 0 aromatic rings. The third-order valence-corrected chi connectivity index (χ3v) is 3.04. The standard InChI is InChI=1S/C9H18N4OS/c1-5-15-8-12-11-7(9(2,3)4)6-13(8,10)14/h5-6,10H2,1-4H3. The lowest BCUT2D eigenvalue weighted by molar-refractivity contribution is -0.789. The number of hydrogen-bond acceptors (Lipinski definition) is 5. The van der Waals surface area contributed by atoms with Crippen LogP contribution in [0.25, 0.3) is 0 Å². The Kier molecular flexibility index (Phi) is 3.55. The summed E-state index contributed by atoms with van der Waals surface area (Å²) >= 11 is 1.35. The molecule has 2 N–H and O–H groups in total. The SMILES string of the molecule is CCSC1=NN=C(C(C)(C)C)C[N+]1(N)[O-]. The van der Waals surface area contributed by atoms with E-state index in [-0.39, 0.29) is 12.0 Å². The van der Waals surface area contributed by atoms with E-state index in [1.165, 1.54) is 11.8 Å². The number of hydrogen-bond donors (Lipinski definition) is 1. The Hall–Kier alpha value is -0.430. The summed E-state index contributed by atoms with van der Waals surface area (Å²) in [5.74, 6) is 6.42. The van der Waals surface area contributed by atoms with Crippen LogP contribution in [0.5, 0.6) is 0 Å². The Labute approximate surface area is 94.6 Å². The molecule has 6 heteroatoms. The highest BCUT2D eigenvalue weighted by Crippen LogP contribution is 2.24. The van der Waals surface area contributed by atoms with Gasteiger partial charge in [-0.3, -0.25) is 0 Å². The Morgan fingerprint density at radius 1 is 1.47 bits per heavy atom. The van der Waals surface area contributed by atoms with Crippen molar-refractivity contribution in [1.82, 2.24) is 0 Å². The highest BCUT2D eigenvalue weighted by atomic mass is 32.2. The normalized spacial score (nSPS) is 27.3. The fraction of sp³-hybridized carbons (Fsp3) is 0.778. The highest BCUT2D eigenvalue weighted by molar-refractivity contribution is 8.13. The molecule has 1 atom stereocenters. The van der Waals surface area contributed by atoms with E-state index in [0.29, 0.717) is 5.17 Å². The molecule has 5 nitrogen and oxygen atoms in total. The van der Waals surface area contributed by atoms with Crippen molar-refractivity contribution in [2.24, 2.45) is 21.5 Å². The Balaban J connectivity index is 2.94. The van der Waals surface area contributed by atoms with Gasteiger partial charge < -0.3 is 5.21 Å². The second-order valence-electron chi connectivity index (χ2n) is 4.57. The molecule has 0 spiro atoms. The van der Waals surface area contributed by atoms with Gasteiger partial charge in [0.05, 0.1) is 0 Å². The molecule has 0 saturated carbocycles. The Morgan fingerprint density at radius 3 is 2.47 bits per heavy atom. The van der Waals surface area contributed by atoms with Crippen LogP contribution in [0, 0.1) is 10.6 Å². The van der Waals surface area contributed by atoms with Crippen molar-refractivity contribution in [2.45, 2.75) is 27.7 Å². The van der Waals surface area contributed by atoms with Crippen molar-refractivity contribution in [3.8, 4) is 0 Å². The summed E-state index contributed by atoms with van der Waals surface area (Å²) in [6, 6.07) is 0. The van der Waals surface area contributed by atoms with Crippen molar-refractivity contribution in [2.75, 3.05) is 12.3 Å². The number of rotatable bonds is 1. The maximum Gasteiger partial charge on any atom is 0.302 e. The van der Waals surface area contributed by atoms with E-state index >= 15 is 0 Å². The molecule has 0 aliphatic carbocycles. The molecule has 0 saturated heterocycles. The molecule has 0 bridgehead atoms. The maximum absolute atomic E-state index is 12.0. The van der Waals surface area contributed by atoms with E-state index in [1.807, 2.05) is 27.7 Å². The van der Waals surface area contributed by atoms with E-state index in [4.69, 9.17) is 5.84 Å². The van der Waals surface area contributed by atoms with E-state index in [1.54, 1.807) is 0 Å². The van der Waals surface area contributed by atoms with Gasteiger partial charge in [0.1, 0.15) is 12.3 Å². The van der Waals surface area contributed by atoms with Crippen LogP contribution in [0.3, 0.4) is 0 Å². The Bertz CT molecular complexity index is 304. The summed E-state index contributed by atoms with van der Waals surface area (Å²) in [7, 11) is 0. The van der Waals surface area contributed by atoms with E-state index < -0.39 is 4.76 Å². The summed E-state index contributed by atoms with van der Waals surface area (Å²) in [6.45, 7) is 8.14. The minimum absolute atomic E-state index is 0.154. The van der Waals surface area contributed by atoms with Gasteiger partial charge >= 0.3 is 5.17 Å². The minimum atomic E-state index is -0.922. The van der Waals surface area contributed by atoms with Gasteiger partial charge in [-0.1, -0.05) is 32.8 Å². The first-order valence-electron chi connectivity index (χ1n) is 4.93. The summed E-state index contributed by atoms with van der Waals surface area (Å²) in [4.78, 5) is 0.